The van der Waals surface area contributed by atoms with E-state index in [2.05, 4.69) is 15.6 Å². The summed E-state index contributed by atoms with van der Waals surface area (Å²) in [6.07, 6.45) is 3.73. The predicted molar refractivity (Wildman–Crippen MR) is 107 cm³/mol. The third-order valence-electron chi connectivity index (χ3n) is 4.97. The van der Waals surface area contributed by atoms with Gasteiger partial charge in [-0.3, -0.25) is 9.36 Å². The van der Waals surface area contributed by atoms with E-state index in [9.17, 15) is 9.59 Å². The quantitative estimate of drug-likeness (QED) is 0.741. The molecule has 0 spiro atoms. The fourth-order valence-corrected chi connectivity index (χ4v) is 3.55. The van der Waals surface area contributed by atoms with E-state index >= 15 is 0 Å². The molecule has 0 saturated carbocycles. The number of para-hydroxylation sites is 1. The molecule has 27 heavy (non-hydrogen) atoms. The van der Waals surface area contributed by atoms with Crippen LogP contribution in [-0.4, -0.2) is 15.6 Å². The maximum Gasteiger partial charge on any atom is 0.323 e. The molecular formula is C21H22N4O2. The number of benzene rings is 2. The van der Waals surface area contributed by atoms with Gasteiger partial charge in [0.25, 0.3) is 5.56 Å². The van der Waals surface area contributed by atoms with E-state index in [0.29, 0.717) is 23.1 Å². The van der Waals surface area contributed by atoms with Gasteiger partial charge in [0.15, 0.2) is 0 Å². The Morgan fingerprint density at radius 3 is 2.85 bits per heavy atom. The number of fused-ring (bicyclic) bond motifs is 2. The Hall–Kier alpha value is -3.15. The van der Waals surface area contributed by atoms with E-state index in [1.165, 1.54) is 0 Å². The lowest BCUT2D eigenvalue weighted by Crippen LogP contribution is -2.28. The number of hydrogen-bond acceptors (Lipinski definition) is 3. The number of rotatable bonds is 3. The smallest absolute Gasteiger partial charge is 0.308 e. The molecule has 1 aliphatic rings. The molecular weight excluding hydrogens is 340 g/mol. The lowest BCUT2D eigenvalue weighted by atomic mass is 10.1. The molecule has 2 amide bonds. The number of urea groups is 1. The Morgan fingerprint density at radius 2 is 2.00 bits per heavy atom. The SMILES string of the molecule is CCc1ccccc1NC(=O)Nc1ccc2nc3n(c(=O)c2c1)CCCC3. The first-order valence-corrected chi connectivity index (χ1v) is 9.35. The van der Waals surface area contributed by atoms with Crippen LogP contribution < -0.4 is 16.2 Å². The molecule has 0 aliphatic carbocycles. The number of carbonyl (C=O) groups excluding carboxylic acids is 1. The van der Waals surface area contributed by atoms with E-state index in [0.717, 1.165) is 42.8 Å². The van der Waals surface area contributed by atoms with Crippen molar-refractivity contribution >= 4 is 28.3 Å². The second kappa shape index (κ2) is 7.23. The molecule has 138 valence electrons. The summed E-state index contributed by atoms with van der Waals surface area (Å²) in [6, 6.07) is 12.6. The van der Waals surface area contributed by atoms with Gasteiger partial charge in [-0.15, -0.1) is 0 Å². The summed E-state index contributed by atoms with van der Waals surface area (Å²) < 4.78 is 1.76. The Balaban J connectivity index is 1.60. The lowest BCUT2D eigenvalue weighted by molar-refractivity contribution is 0.262. The van der Waals surface area contributed by atoms with Crippen LogP contribution >= 0.6 is 0 Å². The second-order valence-corrected chi connectivity index (χ2v) is 6.76. The van der Waals surface area contributed by atoms with Crippen molar-refractivity contribution in [3.05, 3.63) is 64.2 Å². The minimum atomic E-state index is -0.332. The largest absolute Gasteiger partial charge is 0.323 e. The molecule has 1 aromatic heterocycles. The summed E-state index contributed by atoms with van der Waals surface area (Å²) in [5, 5.41) is 6.22. The summed E-state index contributed by atoms with van der Waals surface area (Å²) in [7, 11) is 0. The topological polar surface area (TPSA) is 76.0 Å². The molecule has 0 unspecified atom stereocenters. The number of hydrogen-bond donors (Lipinski definition) is 2. The van der Waals surface area contributed by atoms with Crippen LogP contribution in [0.1, 0.15) is 31.2 Å². The van der Waals surface area contributed by atoms with E-state index < -0.39 is 0 Å². The molecule has 4 rings (SSSR count). The van der Waals surface area contributed by atoms with Gasteiger partial charge in [-0.05, 0) is 49.1 Å². The summed E-state index contributed by atoms with van der Waals surface area (Å²) in [5.41, 5.74) is 3.07. The predicted octanol–water partition coefficient (Wildman–Crippen LogP) is 3.94. The molecule has 0 fully saturated rings. The van der Waals surface area contributed by atoms with Crippen molar-refractivity contribution in [3.8, 4) is 0 Å². The average molecular weight is 362 g/mol. The standard InChI is InChI=1S/C21H22N4O2/c1-2-14-7-3-4-8-17(14)24-21(27)22-15-10-11-18-16(13-15)20(26)25-12-6-5-9-19(25)23-18/h3-4,7-8,10-11,13H,2,5-6,9,12H2,1H3,(H2,22,24,27). The van der Waals surface area contributed by atoms with Crippen LogP contribution in [0, 0.1) is 0 Å². The Kier molecular flexibility index (Phi) is 4.62. The maximum absolute atomic E-state index is 12.8. The minimum Gasteiger partial charge on any atom is -0.308 e. The van der Waals surface area contributed by atoms with Gasteiger partial charge in [-0.25, -0.2) is 9.78 Å². The Morgan fingerprint density at radius 1 is 1.15 bits per heavy atom. The summed E-state index contributed by atoms with van der Waals surface area (Å²) in [4.78, 5) is 29.8. The van der Waals surface area contributed by atoms with Gasteiger partial charge < -0.3 is 10.6 Å². The molecule has 2 heterocycles. The van der Waals surface area contributed by atoms with E-state index in [4.69, 9.17) is 0 Å². The van der Waals surface area contributed by atoms with Crippen molar-refractivity contribution in [1.82, 2.24) is 9.55 Å². The number of nitrogens with zero attached hydrogens (tertiary/aromatic N) is 2. The average Bonchev–Trinajstić information content (AvgIpc) is 2.69. The highest BCUT2D eigenvalue weighted by atomic mass is 16.2. The number of carbonyl (C=O) groups is 1. The van der Waals surface area contributed by atoms with Gasteiger partial charge in [0.05, 0.1) is 10.9 Å². The molecule has 0 radical (unpaired) electrons. The lowest BCUT2D eigenvalue weighted by Gasteiger charge is -2.18. The van der Waals surface area contributed by atoms with Crippen LogP contribution in [-0.2, 0) is 19.4 Å². The Bertz CT molecular complexity index is 1070. The van der Waals surface area contributed by atoms with Gasteiger partial charge in [-0.1, -0.05) is 25.1 Å². The maximum atomic E-state index is 12.8. The normalized spacial score (nSPS) is 13.2. The van der Waals surface area contributed by atoms with Crippen LogP contribution in [0.2, 0.25) is 0 Å². The third kappa shape index (κ3) is 3.43. The van der Waals surface area contributed by atoms with Crippen LogP contribution in [0.5, 0.6) is 0 Å². The zero-order valence-electron chi connectivity index (χ0n) is 15.3. The molecule has 0 saturated heterocycles. The second-order valence-electron chi connectivity index (χ2n) is 6.76. The van der Waals surface area contributed by atoms with Gasteiger partial charge >= 0.3 is 6.03 Å². The zero-order valence-corrected chi connectivity index (χ0v) is 15.3. The summed E-state index contributed by atoms with van der Waals surface area (Å²) in [6.45, 7) is 2.76. The highest BCUT2D eigenvalue weighted by Crippen LogP contribution is 2.19. The first kappa shape index (κ1) is 17.3. The van der Waals surface area contributed by atoms with Crippen molar-refractivity contribution in [2.24, 2.45) is 0 Å². The highest BCUT2D eigenvalue weighted by Gasteiger charge is 2.15. The fraction of sp³-hybridized carbons (Fsp3) is 0.286. The van der Waals surface area contributed by atoms with Crippen LogP contribution in [0.3, 0.4) is 0 Å². The molecule has 2 N–H and O–H groups in total. The number of aromatic nitrogens is 2. The molecule has 2 aromatic carbocycles. The van der Waals surface area contributed by atoms with Crippen LogP contribution in [0.4, 0.5) is 16.2 Å². The molecule has 1 aliphatic heterocycles. The third-order valence-corrected chi connectivity index (χ3v) is 4.97. The van der Waals surface area contributed by atoms with Crippen molar-refractivity contribution in [3.63, 3.8) is 0 Å². The first-order valence-electron chi connectivity index (χ1n) is 9.35. The fourth-order valence-electron chi connectivity index (χ4n) is 3.55. The minimum absolute atomic E-state index is 0.0323. The molecule has 0 atom stereocenters. The van der Waals surface area contributed by atoms with Crippen molar-refractivity contribution < 1.29 is 4.79 Å². The van der Waals surface area contributed by atoms with Crippen molar-refractivity contribution in [2.45, 2.75) is 39.2 Å². The summed E-state index contributed by atoms with van der Waals surface area (Å²) >= 11 is 0. The van der Waals surface area contributed by atoms with Gasteiger partial charge in [0, 0.05) is 24.3 Å². The number of nitrogens with one attached hydrogen (secondary N) is 2. The molecule has 6 heteroatoms. The van der Waals surface area contributed by atoms with E-state index in [-0.39, 0.29) is 11.6 Å². The van der Waals surface area contributed by atoms with Crippen molar-refractivity contribution in [1.29, 1.82) is 0 Å². The monoisotopic (exact) mass is 362 g/mol. The van der Waals surface area contributed by atoms with E-state index in [1.54, 1.807) is 22.8 Å². The zero-order chi connectivity index (χ0) is 18.8. The summed E-state index contributed by atoms with van der Waals surface area (Å²) in [5.74, 6) is 0.855. The van der Waals surface area contributed by atoms with Crippen molar-refractivity contribution in [2.75, 3.05) is 10.6 Å². The van der Waals surface area contributed by atoms with Gasteiger partial charge in [0.1, 0.15) is 5.82 Å². The van der Waals surface area contributed by atoms with Gasteiger partial charge in [-0.2, -0.15) is 0 Å². The number of aryl methyl sites for hydroxylation is 2. The highest BCUT2D eigenvalue weighted by molar-refractivity contribution is 6.01. The van der Waals surface area contributed by atoms with Crippen LogP contribution in [0.15, 0.2) is 47.3 Å². The first-order chi connectivity index (χ1) is 13.2. The molecule has 6 nitrogen and oxygen atoms in total. The number of amides is 2. The van der Waals surface area contributed by atoms with Crippen LogP contribution in [0.25, 0.3) is 10.9 Å². The van der Waals surface area contributed by atoms with E-state index in [1.807, 2.05) is 31.2 Å². The molecule has 0 bridgehead atoms. The van der Waals surface area contributed by atoms with Gasteiger partial charge in [0.2, 0.25) is 0 Å². The number of anilines is 2. The molecule has 3 aromatic rings. The Labute approximate surface area is 157 Å².